The molecule has 0 aliphatic carbocycles. The Morgan fingerprint density at radius 1 is 0.800 bits per heavy atom. The number of hydrogen-bond donors (Lipinski definition) is 0. The molecule has 0 spiro atoms. The predicted molar refractivity (Wildman–Crippen MR) is 83.4 cm³/mol. The van der Waals surface area contributed by atoms with Crippen molar-refractivity contribution in [3.8, 4) is 5.75 Å². The Labute approximate surface area is 118 Å². The Morgan fingerprint density at radius 2 is 1.50 bits per heavy atom. The lowest BCUT2D eigenvalue weighted by Crippen LogP contribution is -2.06. The van der Waals surface area contributed by atoms with Crippen molar-refractivity contribution in [1.29, 1.82) is 0 Å². The lowest BCUT2D eigenvalue weighted by atomic mass is 10.0. The van der Waals surface area contributed by atoms with Crippen LogP contribution < -0.4 is 4.74 Å². The molecule has 0 aliphatic rings. The molecule has 3 aromatic rings. The molecule has 0 bridgehead atoms. The Kier molecular flexibility index (Phi) is 3.84. The molecule has 2 nitrogen and oxygen atoms in total. The number of rotatable bonds is 5. The van der Waals surface area contributed by atoms with E-state index >= 15 is 0 Å². The lowest BCUT2D eigenvalue weighted by molar-refractivity contribution is 0.111. The molecule has 0 N–H and O–H groups in total. The van der Waals surface area contributed by atoms with Gasteiger partial charge in [-0.3, -0.25) is 0 Å². The van der Waals surface area contributed by atoms with Gasteiger partial charge < -0.3 is 9.47 Å². The van der Waals surface area contributed by atoms with Gasteiger partial charge in [0.25, 0.3) is 0 Å². The lowest BCUT2D eigenvalue weighted by Gasteiger charge is -2.12. The topological polar surface area (TPSA) is 18.5 Å². The van der Waals surface area contributed by atoms with Crippen LogP contribution in [0.15, 0.2) is 54.6 Å². The summed E-state index contributed by atoms with van der Waals surface area (Å²) in [5.74, 6) is 0.930. The summed E-state index contributed by atoms with van der Waals surface area (Å²) in [6.07, 6.45) is 0. The van der Waals surface area contributed by atoms with Gasteiger partial charge in [-0.25, -0.2) is 0 Å². The van der Waals surface area contributed by atoms with E-state index in [1.807, 2.05) is 13.0 Å². The quantitative estimate of drug-likeness (QED) is 0.503. The second kappa shape index (κ2) is 5.93. The molecule has 0 amide bonds. The van der Waals surface area contributed by atoms with E-state index in [9.17, 15) is 0 Å². The van der Waals surface area contributed by atoms with E-state index in [0.29, 0.717) is 13.2 Å². The molecule has 3 aromatic carbocycles. The van der Waals surface area contributed by atoms with Gasteiger partial charge in [-0.15, -0.1) is 0 Å². The summed E-state index contributed by atoms with van der Waals surface area (Å²) >= 11 is 0. The average molecular weight is 266 g/mol. The van der Waals surface area contributed by atoms with Crippen LogP contribution in [0.25, 0.3) is 21.5 Å². The summed E-state index contributed by atoms with van der Waals surface area (Å²) in [6.45, 7) is 3.92. The molecule has 2 heteroatoms. The van der Waals surface area contributed by atoms with E-state index in [4.69, 9.17) is 9.47 Å². The molecule has 0 saturated carbocycles. The molecule has 0 atom stereocenters. The Balaban J connectivity index is 2.05. The van der Waals surface area contributed by atoms with Crippen LogP contribution in [0.1, 0.15) is 6.92 Å². The van der Waals surface area contributed by atoms with Crippen LogP contribution in [0.5, 0.6) is 5.75 Å². The zero-order chi connectivity index (χ0) is 13.8. The van der Waals surface area contributed by atoms with E-state index in [2.05, 4.69) is 48.5 Å². The fraction of sp³-hybridized carbons (Fsp3) is 0.222. The second-order valence-corrected chi connectivity index (χ2v) is 4.69. The van der Waals surface area contributed by atoms with Crippen LogP contribution in [-0.4, -0.2) is 19.8 Å². The Bertz CT molecular complexity index is 719. The first-order valence-corrected chi connectivity index (χ1v) is 7.01. The molecule has 3 rings (SSSR count). The third-order valence-corrected chi connectivity index (χ3v) is 3.42. The van der Waals surface area contributed by atoms with Gasteiger partial charge in [0.05, 0.1) is 6.61 Å². The zero-order valence-electron chi connectivity index (χ0n) is 11.6. The highest BCUT2D eigenvalue weighted by Crippen LogP contribution is 2.33. The van der Waals surface area contributed by atoms with Crippen molar-refractivity contribution in [1.82, 2.24) is 0 Å². The molecule has 0 saturated heterocycles. The summed E-state index contributed by atoms with van der Waals surface area (Å²) in [6, 6.07) is 18.9. The van der Waals surface area contributed by atoms with Crippen molar-refractivity contribution < 1.29 is 9.47 Å². The molecule has 0 aliphatic heterocycles. The van der Waals surface area contributed by atoms with Crippen molar-refractivity contribution in [2.24, 2.45) is 0 Å². The van der Waals surface area contributed by atoms with Gasteiger partial charge in [-0.05, 0) is 29.1 Å². The maximum Gasteiger partial charge on any atom is 0.127 e. The van der Waals surface area contributed by atoms with Crippen molar-refractivity contribution >= 4 is 21.5 Å². The number of fused-ring (bicyclic) bond motifs is 3. The van der Waals surface area contributed by atoms with E-state index in [0.717, 1.165) is 17.7 Å². The summed E-state index contributed by atoms with van der Waals surface area (Å²) in [5, 5.41) is 4.86. The molecule has 0 heterocycles. The highest BCUT2D eigenvalue weighted by Gasteiger charge is 2.06. The van der Waals surface area contributed by atoms with E-state index in [1.165, 1.54) is 16.2 Å². The Hall–Kier alpha value is -2.06. The highest BCUT2D eigenvalue weighted by atomic mass is 16.5. The average Bonchev–Trinajstić information content (AvgIpc) is 2.51. The monoisotopic (exact) mass is 266 g/mol. The van der Waals surface area contributed by atoms with Gasteiger partial charge in [0.15, 0.2) is 0 Å². The first-order chi connectivity index (χ1) is 9.90. The fourth-order valence-electron chi connectivity index (χ4n) is 2.49. The molecular weight excluding hydrogens is 248 g/mol. The third kappa shape index (κ3) is 2.47. The third-order valence-electron chi connectivity index (χ3n) is 3.42. The van der Waals surface area contributed by atoms with Crippen molar-refractivity contribution in [3.63, 3.8) is 0 Å². The first-order valence-electron chi connectivity index (χ1n) is 7.01. The zero-order valence-corrected chi connectivity index (χ0v) is 11.6. The Morgan fingerprint density at radius 3 is 2.30 bits per heavy atom. The van der Waals surface area contributed by atoms with Crippen LogP contribution in [0.4, 0.5) is 0 Å². The van der Waals surface area contributed by atoms with Gasteiger partial charge in [-0.2, -0.15) is 0 Å². The van der Waals surface area contributed by atoms with Gasteiger partial charge in [0.1, 0.15) is 12.4 Å². The molecule has 0 fully saturated rings. The molecular formula is C18H18O2. The minimum Gasteiger partial charge on any atom is -0.491 e. The molecule has 20 heavy (non-hydrogen) atoms. The van der Waals surface area contributed by atoms with Gasteiger partial charge in [-0.1, -0.05) is 48.5 Å². The van der Waals surface area contributed by atoms with E-state index in [-0.39, 0.29) is 0 Å². The standard InChI is InChI=1S/C18H18O2/c1-2-19-11-12-20-18-13-14-7-3-4-8-15(14)16-9-5-6-10-17(16)18/h3-10,13H,2,11-12H2,1H3. The van der Waals surface area contributed by atoms with Gasteiger partial charge >= 0.3 is 0 Å². The van der Waals surface area contributed by atoms with Crippen LogP contribution in [0.2, 0.25) is 0 Å². The number of ether oxygens (including phenoxy) is 2. The van der Waals surface area contributed by atoms with Crippen molar-refractivity contribution in [2.75, 3.05) is 19.8 Å². The number of hydrogen-bond acceptors (Lipinski definition) is 2. The fourth-order valence-corrected chi connectivity index (χ4v) is 2.49. The summed E-state index contributed by atoms with van der Waals surface area (Å²) in [4.78, 5) is 0. The summed E-state index contributed by atoms with van der Waals surface area (Å²) < 4.78 is 11.2. The maximum atomic E-state index is 5.90. The smallest absolute Gasteiger partial charge is 0.127 e. The highest BCUT2D eigenvalue weighted by molar-refractivity contribution is 6.10. The molecule has 0 unspecified atom stereocenters. The molecule has 0 aromatic heterocycles. The normalized spacial score (nSPS) is 11.1. The van der Waals surface area contributed by atoms with E-state index in [1.54, 1.807) is 0 Å². The molecule has 0 radical (unpaired) electrons. The van der Waals surface area contributed by atoms with Crippen molar-refractivity contribution in [2.45, 2.75) is 6.92 Å². The van der Waals surface area contributed by atoms with Gasteiger partial charge in [0.2, 0.25) is 0 Å². The van der Waals surface area contributed by atoms with Gasteiger partial charge in [0, 0.05) is 12.0 Å². The summed E-state index contributed by atoms with van der Waals surface area (Å²) in [5.41, 5.74) is 0. The SMILES string of the molecule is CCOCCOc1cc2ccccc2c2ccccc12. The van der Waals surface area contributed by atoms with Crippen LogP contribution >= 0.6 is 0 Å². The van der Waals surface area contributed by atoms with Crippen LogP contribution in [0.3, 0.4) is 0 Å². The summed E-state index contributed by atoms with van der Waals surface area (Å²) in [7, 11) is 0. The van der Waals surface area contributed by atoms with Crippen molar-refractivity contribution in [3.05, 3.63) is 54.6 Å². The second-order valence-electron chi connectivity index (χ2n) is 4.69. The van der Waals surface area contributed by atoms with Crippen LogP contribution in [-0.2, 0) is 4.74 Å². The maximum absolute atomic E-state index is 5.90. The minimum absolute atomic E-state index is 0.580. The molecule has 102 valence electrons. The number of benzene rings is 3. The minimum atomic E-state index is 0.580. The van der Waals surface area contributed by atoms with E-state index < -0.39 is 0 Å². The largest absolute Gasteiger partial charge is 0.491 e. The van der Waals surface area contributed by atoms with Crippen LogP contribution in [0, 0.1) is 0 Å². The first kappa shape index (κ1) is 12.9. The predicted octanol–water partition coefficient (Wildman–Crippen LogP) is 4.41.